The molecule has 3 aliphatic rings. The topological polar surface area (TPSA) is 70.2 Å². The summed E-state index contributed by atoms with van der Waals surface area (Å²) in [7, 11) is 1.36. The zero-order chi connectivity index (χ0) is 30.9. The lowest BCUT2D eigenvalue weighted by molar-refractivity contribution is -0.183. The lowest BCUT2D eigenvalue weighted by atomic mass is 9.94. The van der Waals surface area contributed by atoms with E-state index in [1.165, 1.54) is 12.0 Å². The van der Waals surface area contributed by atoms with E-state index in [0.717, 1.165) is 11.1 Å². The van der Waals surface area contributed by atoms with Crippen LogP contribution < -0.4 is 0 Å². The Morgan fingerprint density at radius 2 is 1.44 bits per heavy atom. The average molecular weight is 641 g/mol. The van der Waals surface area contributed by atoms with Crippen LogP contribution in [0.3, 0.4) is 0 Å². The Balaban J connectivity index is 1.19. The normalized spacial score (nSPS) is 20.6. The molecular weight excluding hydrogens is 606 g/mol. The van der Waals surface area contributed by atoms with Crippen molar-refractivity contribution < 1.29 is 32.3 Å². The molecule has 0 radical (unpaired) electrons. The van der Waals surface area contributed by atoms with Crippen LogP contribution in [0, 0.1) is 11.8 Å². The van der Waals surface area contributed by atoms with E-state index in [0.29, 0.717) is 66.5 Å². The Morgan fingerprint density at radius 1 is 0.860 bits per heavy atom. The van der Waals surface area contributed by atoms with Crippen LogP contribution in [0.4, 0.5) is 18.0 Å². The Bertz CT molecular complexity index is 1330. The van der Waals surface area contributed by atoms with Crippen molar-refractivity contribution in [2.75, 3.05) is 39.8 Å². The first kappa shape index (κ1) is 31.4. The van der Waals surface area contributed by atoms with E-state index in [4.69, 9.17) is 27.9 Å². The second-order valence-electron chi connectivity index (χ2n) is 11.5. The second-order valence-corrected chi connectivity index (χ2v) is 12.3. The molecule has 3 saturated heterocycles. The number of methoxy groups -OCH3 is 1. The van der Waals surface area contributed by atoms with Crippen LogP contribution in [0.2, 0.25) is 10.0 Å². The first-order chi connectivity index (χ1) is 20.5. The van der Waals surface area contributed by atoms with Crippen molar-refractivity contribution in [3.05, 3.63) is 57.6 Å². The molecule has 1 unspecified atom stereocenters. The third kappa shape index (κ3) is 6.90. The van der Waals surface area contributed by atoms with Crippen molar-refractivity contribution in [2.24, 2.45) is 11.8 Å². The highest BCUT2D eigenvalue weighted by Gasteiger charge is 2.42. The molecule has 0 saturated carbocycles. The number of nitrogens with zero attached hydrogens (tertiary/aromatic N) is 3. The van der Waals surface area contributed by atoms with Gasteiger partial charge in [0, 0.05) is 60.3 Å². The number of carbonyl (C=O) groups excluding carboxylic acids is 3. The van der Waals surface area contributed by atoms with E-state index < -0.39 is 12.1 Å². The number of alkyl halides is 3. The predicted molar refractivity (Wildman–Crippen MR) is 157 cm³/mol. The van der Waals surface area contributed by atoms with Gasteiger partial charge < -0.3 is 19.4 Å². The number of hydrogen-bond acceptors (Lipinski definition) is 4. The molecule has 5 rings (SSSR count). The van der Waals surface area contributed by atoms with E-state index in [9.17, 15) is 27.6 Å². The summed E-state index contributed by atoms with van der Waals surface area (Å²) in [4.78, 5) is 43.0. The SMILES string of the molecule is COC(=O)N1CCC(N2CCC(Cc3c(Cl)cc(-c4ccc(C(=O)N5CCC(C(F)(F)F)CC5)cc4)cc3Cl)C2=O)CC1. The molecule has 0 N–H and O–H groups in total. The number of carbonyl (C=O) groups is 3. The van der Waals surface area contributed by atoms with Gasteiger partial charge in [0.05, 0.1) is 13.0 Å². The number of likely N-dealkylation sites (tertiary alicyclic amines) is 3. The summed E-state index contributed by atoms with van der Waals surface area (Å²) in [6.07, 6.45) is -2.19. The van der Waals surface area contributed by atoms with E-state index >= 15 is 0 Å². The van der Waals surface area contributed by atoms with Crippen LogP contribution in [0.15, 0.2) is 36.4 Å². The summed E-state index contributed by atoms with van der Waals surface area (Å²) in [5.41, 5.74) is 2.65. The maximum atomic E-state index is 13.3. The first-order valence-corrected chi connectivity index (χ1v) is 15.3. The van der Waals surface area contributed by atoms with Crippen LogP contribution in [0.25, 0.3) is 11.1 Å². The van der Waals surface area contributed by atoms with E-state index in [-0.39, 0.29) is 55.8 Å². The van der Waals surface area contributed by atoms with Crippen LogP contribution in [0.1, 0.15) is 48.0 Å². The highest BCUT2D eigenvalue weighted by Crippen LogP contribution is 2.37. The molecule has 2 aromatic carbocycles. The van der Waals surface area contributed by atoms with Crippen LogP contribution in [-0.2, 0) is 16.0 Å². The number of benzene rings is 2. The van der Waals surface area contributed by atoms with Crippen LogP contribution in [0.5, 0.6) is 0 Å². The third-order valence-corrected chi connectivity index (χ3v) is 9.67. The quantitative estimate of drug-likeness (QED) is 0.365. The Labute approximate surface area is 258 Å². The van der Waals surface area contributed by atoms with E-state index in [2.05, 4.69) is 0 Å². The maximum absolute atomic E-state index is 13.3. The van der Waals surface area contributed by atoms with Gasteiger partial charge in [-0.1, -0.05) is 35.3 Å². The minimum atomic E-state index is -4.23. The minimum Gasteiger partial charge on any atom is -0.453 e. The molecule has 0 bridgehead atoms. The molecule has 1 atom stereocenters. The van der Waals surface area contributed by atoms with Crippen LogP contribution >= 0.6 is 23.2 Å². The average Bonchev–Trinajstić information content (AvgIpc) is 3.37. The number of hydrogen-bond donors (Lipinski definition) is 0. The van der Waals surface area contributed by atoms with Crippen molar-refractivity contribution in [1.29, 1.82) is 0 Å². The number of ether oxygens (including phenoxy) is 1. The van der Waals surface area contributed by atoms with E-state index in [1.54, 1.807) is 41.3 Å². The van der Waals surface area contributed by atoms with Gasteiger partial charge in [-0.3, -0.25) is 9.59 Å². The fourth-order valence-corrected chi connectivity index (χ4v) is 7.05. The minimum absolute atomic E-state index is 0.0767. The first-order valence-electron chi connectivity index (χ1n) is 14.5. The van der Waals surface area contributed by atoms with Gasteiger partial charge in [0.2, 0.25) is 5.91 Å². The molecule has 3 heterocycles. The van der Waals surface area contributed by atoms with Gasteiger partial charge in [0.25, 0.3) is 5.91 Å². The monoisotopic (exact) mass is 639 g/mol. The van der Waals surface area contributed by atoms with Gasteiger partial charge in [0.15, 0.2) is 0 Å². The fraction of sp³-hybridized carbons (Fsp3) is 0.516. The summed E-state index contributed by atoms with van der Waals surface area (Å²) >= 11 is 13.4. The number of halogens is 5. The molecule has 0 aliphatic carbocycles. The largest absolute Gasteiger partial charge is 0.453 e. The molecule has 0 spiro atoms. The molecule has 0 aromatic heterocycles. The van der Waals surface area contributed by atoms with Gasteiger partial charge in [-0.2, -0.15) is 13.2 Å². The Hall–Kier alpha value is -2.98. The Kier molecular flexibility index (Phi) is 9.46. The predicted octanol–water partition coefficient (Wildman–Crippen LogP) is 6.70. The molecular formula is C31H34Cl2F3N3O4. The van der Waals surface area contributed by atoms with Crippen molar-refractivity contribution in [1.82, 2.24) is 14.7 Å². The van der Waals surface area contributed by atoms with Crippen molar-refractivity contribution in [2.45, 2.75) is 50.7 Å². The molecule has 3 aliphatic heterocycles. The van der Waals surface area contributed by atoms with E-state index in [1.807, 2.05) is 4.90 Å². The summed E-state index contributed by atoms with van der Waals surface area (Å²) in [6.45, 7) is 1.92. The molecule has 3 amide bonds. The third-order valence-electron chi connectivity index (χ3n) is 8.99. The standard InChI is InChI=1S/C31H34Cl2F3N3O4/c1-43-30(42)38-13-9-24(10-14-38)39-15-6-21(29(39)41)16-25-26(32)17-22(18-27(25)33)19-2-4-20(5-3-19)28(40)37-11-7-23(8-12-37)31(34,35)36/h2-5,17-18,21,23-24H,6-16H2,1H3. The van der Waals surface area contributed by atoms with Crippen molar-refractivity contribution >= 4 is 41.1 Å². The summed E-state index contributed by atoms with van der Waals surface area (Å²) in [6, 6.07) is 10.5. The summed E-state index contributed by atoms with van der Waals surface area (Å²) in [5.74, 6) is -1.80. The molecule has 3 fully saturated rings. The number of rotatable bonds is 5. The van der Waals surface area contributed by atoms with Crippen molar-refractivity contribution in [3.8, 4) is 11.1 Å². The molecule has 12 heteroatoms. The number of amides is 3. The fourth-order valence-electron chi connectivity index (χ4n) is 6.41. The van der Waals surface area contributed by atoms with Gasteiger partial charge in [-0.25, -0.2) is 4.79 Å². The zero-order valence-electron chi connectivity index (χ0n) is 23.8. The molecule has 7 nitrogen and oxygen atoms in total. The van der Waals surface area contributed by atoms with Gasteiger partial charge >= 0.3 is 12.3 Å². The smallest absolute Gasteiger partial charge is 0.409 e. The lowest BCUT2D eigenvalue weighted by Gasteiger charge is -2.36. The summed E-state index contributed by atoms with van der Waals surface area (Å²) < 4.78 is 43.7. The van der Waals surface area contributed by atoms with Crippen molar-refractivity contribution in [3.63, 3.8) is 0 Å². The van der Waals surface area contributed by atoms with Gasteiger partial charge in [-0.05, 0) is 79.5 Å². The molecule has 43 heavy (non-hydrogen) atoms. The zero-order valence-corrected chi connectivity index (χ0v) is 25.4. The highest BCUT2D eigenvalue weighted by atomic mass is 35.5. The maximum Gasteiger partial charge on any atom is 0.409 e. The van der Waals surface area contributed by atoms with Gasteiger partial charge in [0.1, 0.15) is 0 Å². The van der Waals surface area contributed by atoms with Crippen LogP contribution in [-0.4, -0.2) is 84.7 Å². The molecule has 232 valence electrons. The molecule has 2 aromatic rings. The summed E-state index contributed by atoms with van der Waals surface area (Å²) in [5, 5.41) is 0.903. The second kappa shape index (κ2) is 12.9. The Morgan fingerprint density at radius 3 is 2.00 bits per heavy atom. The lowest BCUT2D eigenvalue weighted by Crippen LogP contribution is -2.47. The number of piperidine rings is 2. The highest BCUT2D eigenvalue weighted by molar-refractivity contribution is 6.36. The van der Waals surface area contributed by atoms with Gasteiger partial charge in [-0.15, -0.1) is 0 Å².